The highest BCUT2D eigenvalue weighted by atomic mass is 16.7. The van der Waals surface area contributed by atoms with E-state index >= 15 is 0 Å². The molecule has 1 aliphatic heterocycles. The highest BCUT2D eigenvalue weighted by molar-refractivity contribution is 5.73. The van der Waals surface area contributed by atoms with Crippen LogP contribution >= 0.6 is 0 Å². The molecule has 1 aromatic rings. The van der Waals surface area contributed by atoms with E-state index in [0.29, 0.717) is 11.5 Å². The van der Waals surface area contributed by atoms with E-state index in [1.807, 2.05) is 0 Å². The Kier molecular flexibility index (Phi) is 7.18. The van der Waals surface area contributed by atoms with Crippen molar-refractivity contribution in [2.24, 2.45) is 0 Å². The van der Waals surface area contributed by atoms with Gasteiger partial charge in [-0.05, 0) is 17.7 Å². The summed E-state index contributed by atoms with van der Waals surface area (Å²) in [5, 5.41) is 32.0. The fourth-order valence-corrected chi connectivity index (χ4v) is 2.76. The van der Waals surface area contributed by atoms with Crippen molar-refractivity contribution < 1.29 is 39.1 Å². The van der Waals surface area contributed by atoms with Crippen molar-refractivity contribution in [3.05, 3.63) is 23.8 Å². The second kappa shape index (κ2) is 9.15. The summed E-state index contributed by atoms with van der Waals surface area (Å²) in [6.07, 6.45) is -4.77. The summed E-state index contributed by atoms with van der Waals surface area (Å²) in [5.41, 5.74) is 0.744. The minimum Gasteiger partial charge on any atom is -0.493 e. The van der Waals surface area contributed by atoms with E-state index in [1.54, 1.807) is 18.2 Å². The van der Waals surface area contributed by atoms with Crippen LogP contribution in [0.2, 0.25) is 0 Å². The van der Waals surface area contributed by atoms with Gasteiger partial charge in [0.15, 0.2) is 17.8 Å². The molecule has 146 valence electrons. The summed E-state index contributed by atoms with van der Waals surface area (Å²) in [7, 11) is 3.05. The second-order valence-corrected chi connectivity index (χ2v) is 5.93. The Morgan fingerprint density at radius 2 is 1.88 bits per heavy atom. The Morgan fingerprint density at radius 3 is 2.46 bits per heavy atom. The summed E-state index contributed by atoms with van der Waals surface area (Å²) < 4.78 is 21.6. The number of ether oxygens (including phenoxy) is 4. The third-order valence-electron chi connectivity index (χ3n) is 4.11. The average molecular weight is 371 g/mol. The van der Waals surface area contributed by atoms with E-state index < -0.39 is 43.2 Å². The predicted molar refractivity (Wildman–Crippen MR) is 89.7 cm³/mol. The molecule has 0 unspecified atom stereocenters. The number of hydrogen-bond donors (Lipinski definition) is 4. The summed E-state index contributed by atoms with van der Waals surface area (Å²) >= 11 is 0. The maximum absolute atomic E-state index is 11.4. The maximum atomic E-state index is 11.4. The molecule has 0 saturated carbocycles. The molecular weight excluding hydrogens is 346 g/mol. The Morgan fingerprint density at radius 1 is 1.19 bits per heavy atom. The first-order chi connectivity index (χ1) is 12.4. The van der Waals surface area contributed by atoms with Crippen molar-refractivity contribution in [2.75, 3.05) is 20.8 Å². The number of nitrogens with one attached hydrogen (secondary N) is 1. The van der Waals surface area contributed by atoms with Gasteiger partial charge in [-0.2, -0.15) is 0 Å². The van der Waals surface area contributed by atoms with Gasteiger partial charge in [0.25, 0.3) is 0 Å². The molecule has 0 radical (unpaired) electrons. The zero-order valence-corrected chi connectivity index (χ0v) is 14.9. The van der Waals surface area contributed by atoms with Crippen LogP contribution in [0.25, 0.3) is 0 Å². The number of carbonyl (C=O) groups is 1. The quantitative estimate of drug-likeness (QED) is 0.489. The normalized spacial score (nSPS) is 28.5. The minimum atomic E-state index is -1.35. The van der Waals surface area contributed by atoms with Gasteiger partial charge in [-0.25, -0.2) is 0 Å². The van der Waals surface area contributed by atoms with E-state index in [9.17, 15) is 20.1 Å². The van der Waals surface area contributed by atoms with Crippen LogP contribution in [0.15, 0.2) is 18.2 Å². The molecular formula is C17H25NO8. The molecule has 5 atom stereocenters. The van der Waals surface area contributed by atoms with Crippen LogP contribution < -0.4 is 14.8 Å². The number of amides is 1. The average Bonchev–Trinajstić information content (AvgIpc) is 2.64. The molecule has 1 saturated heterocycles. The van der Waals surface area contributed by atoms with Gasteiger partial charge in [0.05, 0.1) is 27.4 Å². The molecule has 9 heteroatoms. The molecule has 4 N–H and O–H groups in total. The lowest BCUT2D eigenvalue weighted by molar-refractivity contribution is -0.273. The van der Waals surface area contributed by atoms with Crippen LogP contribution in [-0.4, -0.2) is 72.7 Å². The first kappa shape index (κ1) is 20.4. The largest absolute Gasteiger partial charge is 0.493 e. The Balaban J connectivity index is 2.12. The van der Waals surface area contributed by atoms with Crippen LogP contribution in [0.5, 0.6) is 11.5 Å². The van der Waals surface area contributed by atoms with Crippen LogP contribution in [0.3, 0.4) is 0 Å². The van der Waals surface area contributed by atoms with Crippen LogP contribution in [0.4, 0.5) is 0 Å². The molecule has 1 aromatic carbocycles. The van der Waals surface area contributed by atoms with Crippen LogP contribution in [-0.2, 0) is 20.9 Å². The fraction of sp³-hybridized carbons (Fsp3) is 0.588. The molecule has 0 spiro atoms. The molecule has 26 heavy (non-hydrogen) atoms. The van der Waals surface area contributed by atoms with Crippen molar-refractivity contribution in [3.8, 4) is 11.5 Å². The molecule has 9 nitrogen and oxygen atoms in total. The lowest BCUT2D eigenvalue weighted by atomic mass is 9.97. The second-order valence-electron chi connectivity index (χ2n) is 5.93. The van der Waals surface area contributed by atoms with Crippen molar-refractivity contribution >= 4 is 5.91 Å². The van der Waals surface area contributed by atoms with Gasteiger partial charge >= 0.3 is 0 Å². The lowest BCUT2D eigenvalue weighted by Crippen LogP contribution is -2.64. The minimum absolute atomic E-state index is 0.0854. The number of rotatable bonds is 7. The van der Waals surface area contributed by atoms with Gasteiger partial charge in [-0.3, -0.25) is 4.79 Å². The van der Waals surface area contributed by atoms with E-state index in [4.69, 9.17) is 18.9 Å². The van der Waals surface area contributed by atoms with Crippen molar-refractivity contribution in [2.45, 2.75) is 44.2 Å². The first-order valence-electron chi connectivity index (χ1n) is 8.13. The molecule has 0 bridgehead atoms. The molecule has 1 amide bonds. The van der Waals surface area contributed by atoms with Gasteiger partial charge in [0.1, 0.15) is 24.4 Å². The number of benzene rings is 1. The van der Waals surface area contributed by atoms with Crippen molar-refractivity contribution in [1.82, 2.24) is 5.32 Å². The Bertz CT molecular complexity index is 610. The topological polar surface area (TPSA) is 127 Å². The lowest BCUT2D eigenvalue weighted by Gasteiger charge is -2.42. The summed E-state index contributed by atoms with van der Waals surface area (Å²) in [5.74, 6) is 0.687. The monoisotopic (exact) mass is 371 g/mol. The molecule has 1 aliphatic rings. The van der Waals surface area contributed by atoms with Crippen molar-refractivity contribution in [1.29, 1.82) is 0 Å². The number of carbonyl (C=O) groups excluding carboxylic acids is 1. The summed E-state index contributed by atoms with van der Waals surface area (Å²) in [6.45, 7) is 0.867. The molecule has 2 rings (SSSR count). The molecule has 1 heterocycles. The number of methoxy groups -OCH3 is 2. The van der Waals surface area contributed by atoms with E-state index in [2.05, 4.69) is 5.32 Å². The Labute approximate surface area is 151 Å². The molecule has 0 aliphatic carbocycles. The molecule has 1 fully saturated rings. The maximum Gasteiger partial charge on any atom is 0.217 e. The van der Waals surface area contributed by atoms with Gasteiger partial charge in [0, 0.05) is 6.92 Å². The number of hydrogen-bond acceptors (Lipinski definition) is 8. The number of aliphatic hydroxyl groups is 3. The van der Waals surface area contributed by atoms with E-state index in [0.717, 1.165) is 5.56 Å². The number of aliphatic hydroxyl groups excluding tert-OH is 3. The highest BCUT2D eigenvalue weighted by Gasteiger charge is 2.45. The third kappa shape index (κ3) is 4.63. The Hall–Kier alpha value is -1.91. The highest BCUT2D eigenvalue weighted by Crippen LogP contribution is 2.29. The van der Waals surface area contributed by atoms with E-state index in [1.165, 1.54) is 21.1 Å². The zero-order valence-electron chi connectivity index (χ0n) is 14.9. The van der Waals surface area contributed by atoms with Gasteiger partial charge in [0.2, 0.25) is 5.91 Å². The van der Waals surface area contributed by atoms with Gasteiger partial charge in [-0.1, -0.05) is 6.07 Å². The SMILES string of the molecule is COc1ccc(CO[C@@H]2O[C@H](CO)[C@H](O)[C@@H](O)[C@@H]2NC(C)=O)cc1OC. The van der Waals surface area contributed by atoms with Crippen molar-refractivity contribution in [3.63, 3.8) is 0 Å². The van der Waals surface area contributed by atoms with E-state index in [-0.39, 0.29) is 6.61 Å². The molecule has 0 aromatic heterocycles. The summed E-state index contributed by atoms with van der Waals surface area (Å²) in [6, 6.07) is 4.24. The van der Waals surface area contributed by atoms with Crippen LogP contribution in [0.1, 0.15) is 12.5 Å². The predicted octanol–water partition coefficient (Wildman–Crippen LogP) is -0.836. The third-order valence-corrected chi connectivity index (χ3v) is 4.11. The standard InChI is InChI=1S/C17H25NO8/c1-9(20)18-14-16(22)15(21)13(7-19)26-17(14)25-8-10-4-5-11(23-2)12(6-10)24-3/h4-6,13-17,19,21-22H,7-8H2,1-3H3,(H,18,20)/t13-,14+,15+,16+,17-/m1/s1. The van der Waals surface area contributed by atoms with Crippen LogP contribution in [0, 0.1) is 0 Å². The smallest absolute Gasteiger partial charge is 0.217 e. The first-order valence-corrected chi connectivity index (χ1v) is 8.13. The van der Waals surface area contributed by atoms with Gasteiger partial charge in [-0.15, -0.1) is 0 Å². The van der Waals surface area contributed by atoms with Gasteiger partial charge < -0.3 is 39.6 Å². The fourth-order valence-electron chi connectivity index (χ4n) is 2.76. The summed E-state index contributed by atoms with van der Waals surface area (Å²) in [4.78, 5) is 11.4. The zero-order chi connectivity index (χ0) is 19.3.